The summed E-state index contributed by atoms with van der Waals surface area (Å²) in [5, 5.41) is 51.2. The van der Waals surface area contributed by atoms with Gasteiger partial charge in [0.2, 0.25) is 23.9 Å². The fourth-order valence-corrected chi connectivity index (χ4v) is 10.9. The van der Waals surface area contributed by atoms with Gasteiger partial charge in [-0.3, -0.25) is 24.1 Å². The number of imide groups is 1. The van der Waals surface area contributed by atoms with Crippen LogP contribution in [0.15, 0.2) is 60.8 Å². The van der Waals surface area contributed by atoms with Gasteiger partial charge in [-0.25, -0.2) is 4.68 Å². The summed E-state index contributed by atoms with van der Waals surface area (Å²) in [7, 11) is 2.00. The van der Waals surface area contributed by atoms with Crippen molar-refractivity contribution in [1.82, 2.24) is 29.8 Å². The molecule has 5 heterocycles. The lowest BCUT2D eigenvalue weighted by Gasteiger charge is -2.39. The minimum absolute atomic E-state index is 0.0518. The van der Waals surface area contributed by atoms with Crippen LogP contribution >= 0.6 is 11.6 Å². The Balaban J connectivity index is 0.929. The van der Waals surface area contributed by atoms with Crippen molar-refractivity contribution in [3.05, 3.63) is 83.3 Å². The Morgan fingerprint density at radius 2 is 1.54 bits per heavy atom. The summed E-state index contributed by atoms with van der Waals surface area (Å²) in [6.07, 6.45) is -6.16. The summed E-state index contributed by atoms with van der Waals surface area (Å²) in [4.78, 5) is 59.3. The van der Waals surface area contributed by atoms with Gasteiger partial charge in [-0.2, -0.15) is 0 Å². The highest BCUT2D eigenvalue weighted by atomic mass is 35.5. The third-order valence-corrected chi connectivity index (χ3v) is 15.4. The number of nitrogens with one attached hydrogen (secondary N) is 1. The maximum atomic E-state index is 14.7. The number of likely N-dealkylation sites (tertiary alicyclic amines) is 1. The second kappa shape index (κ2) is 25.9. The van der Waals surface area contributed by atoms with E-state index in [4.69, 9.17) is 57.9 Å². The Labute approximate surface area is 480 Å². The molecule has 29 heteroatoms. The molecule has 446 valence electrons. The van der Waals surface area contributed by atoms with E-state index in [1.165, 1.54) is 62.3 Å². The number of halogens is 1. The summed E-state index contributed by atoms with van der Waals surface area (Å²) in [6, 6.07) is 12.9. The molecule has 6 atom stereocenters. The monoisotopic (exact) mass is 1200 g/mol. The van der Waals surface area contributed by atoms with E-state index < -0.39 is 76.9 Å². The van der Waals surface area contributed by atoms with Crippen LogP contribution < -0.4 is 37.0 Å². The standard InChI is InChI=1S/C54H62ClN7O20S/c1-59(13-17-78-18-14-60-27-32(57-58-60)12-16-77-19-15-61-43(64)10-11-44(61)65)52(69)29-6-9-38(79-54-49(68)48(67)47(66)42(28-63)80-54)40(21-29)82-83(71,72)81-39-24-37-45(35-23-33(73-2)7-8-34(35)39)31(25-55)26-62(37)53(70)36-20-30-22-41(74-3)50(75-4)51(76-5)46(30)56-36/h6-9,20-24,27,31,42,47-49,54,56,63,66-68H,10-19,25-26,28H2,1-5H3/t31-,42-,47+,48+,49?,54-/m1/s1. The topological polar surface area (TPSA) is 332 Å². The number of fused-ring (bicyclic) bond motifs is 4. The van der Waals surface area contributed by atoms with Gasteiger partial charge in [-0.15, -0.1) is 25.1 Å². The van der Waals surface area contributed by atoms with E-state index in [9.17, 15) is 48.0 Å². The predicted octanol–water partition coefficient (Wildman–Crippen LogP) is 2.31. The maximum absolute atomic E-state index is 14.7. The lowest BCUT2D eigenvalue weighted by Crippen LogP contribution is -2.60. The number of carbonyl (C=O) groups is 4. The summed E-state index contributed by atoms with van der Waals surface area (Å²) < 4.78 is 86.9. The Bertz CT molecular complexity index is 3470. The van der Waals surface area contributed by atoms with E-state index in [-0.39, 0.29) is 104 Å². The number of likely N-dealkylation sites (N-methyl/N-ethyl adjacent to an activating group) is 1. The number of rotatable bonds is 26. The number of aromatic nitrogens is 4. The van der Waals surface area contributed by atoms with Crippen molar-refractivity contribution in [1.29, 1.82) is 0 Å². The minimum Gasteiger partial charge on any atom is -0.497 e. The van der Waals surface area contributed by atoms with Crippen molar-refractivity contribution in [2.24, 2.45) is 0 Å². The van der Waals surface area contributed by atoms with Crippen LogP contribution in [0, 0.1) is 0 Å². The molecule has 0 radical (unpaired) electrons. The highest BCUT2D eigenvalue weighted by Crippen LogP contribution is 2.49. The maximum Gasteiger partial charge on any atom is 0.501 e. The number of amides is 4. The Kier molecular flexibility index (Phi) is 18.8. The number of hydrogen-bond acceptors (Lipinski definition) is 22. The van der Waals surface area contributed by atoms with Crippen molar-refractivity contribution in [3.63, 3.8) is 0 Å². The van der Waals surface area contributed by atoms with Gasteiger partial charge in [0.15, 0.2) is 28.7 Å². The SMILES string of the molecule is COc1ccc2c(OS(=O)(=O)Oc3cc(C(=O)N(C)CCOCCn4cc(CCOCCN5C(=O)CCC5=O)nn4)ccc3O[C@@H]3O[C@H](CO)[C@H](O)[C@H](O)C3O)cc3c(c2c1)[C@H](CCl)CN3C(=O)c1cc2cc(OC)c(OC)c(OC)c2[nH]1. The molecule has 6 aromatic rings. The zero-order chi connectivity index (χ0) is 59.3. The zero-order valence-corrected chi connectivity index (χ0v) is 47.3. The second-order valence-electron chi connectivity index (χ2n) is 19.4. The van der Waals surface area contributed by atoms with Crippen LogP contribution in [0.3, 0.4) is 0 Å². The molecule has 1 unspecified atom stereocenters. The van der Waals surface area contributed by atoms with Gasteiger partial charge >= 0.3 is 10.4 Å². The van der Waals surface area contributed by atoms with Crippen LogP contribution in [0.25, 0.3) is 21.7 Å². The van der Waals surface area contributed by atoms with Crippen LogP contribution in [0.5, 0.6) is 40.2 Å². The van der Waals surface area contributed by atoms with Gasteiger partial charge in [0, 0.05) is 79.8 Å². The number of carbonyl (C=O) groups excluding carboxylic acids is 4. The highest BCUT2D eigenvalue weighted by Gasteiger charge is 2.45. The van der Waals surface area contributed by atoms with Gasteiger partial charge in [-0.1, -0.05) is 5.21 Å². The molecule has 0 bridgehead atoms. The number of H-pyrrole nitrogens is 1. The summed E-state index contributed by atoms with van der Waals surface area (Å²) in [5.41, 5.74) is 1.95. The molecule has 2 fully saturated rings. The lowest BCUT2D eigenvalue weighted by atomic mass is 9.95. The number of benzene rings is 4. The van der Waals surface area contributed by atoms with Crippen LogP contribution in [-0.4, -0.2) is 207 Å². The van der Waals surface area contributed by atoms with Crippen LogP contribution in [0.1, 0.15) is 50.9 Å². The third kappa shape index (κ3) is 12.8. The molecule has 83 heavy (non-hydrogen) atoms. The number of methoxy groups -OCH3 is 4. The molecule has 2 aromatic heterocycles. The van der Waals surface area contributed by atoms with Gasteiger partial charge in [-0.05, 0) is 59.5 Å². The zero-order valence-electron chi connectivity index (χ0n) is 45.7. The first-order chi connectivity index (χ1) is 39.9. The number of nitrogens with zero attached hydrogens (tertiary/aromatic N) is 6. The fourth-order valence-electron chi connectivity index (χ4n) is 9.94. The van der Waals surface area contributed by atoms with Crippen molar-refractivity contribution >= 4 is 73.0 Å². The van der Waals surface area contributed by atoms with E-state index in [0.717, 1.165) is 12.1 Å². The number of aliphatic hydroxyl groups is 4. The van der Waals surface area contributed by atoms with Crippen molar-refractivity contribution in [2.45, 2.75) is 62.4 Å². The predicted molar refractivity (Wildman–Crippen MR) is 293 cm³/mol. The van der Waals surface area contributed by atoms with E-state index in [0.29, 0.717) is 64.4 Å². The fraction of sp³-hybridized carbons (Fsp3) is 0.444. The average Bonchev–Trinajstić information content (AvgIpc) is 2.70. The number of ether oxygens (including phenoxy) is 8. The molecule has 4 aromatic carbocycles. The first-order valence-corrected chi connectivity index (χ1v) is 28.0. The Morgan fingerprint density at radius 3 is 2.25 bits per heavy atom. The van der Waals surface area contributed by atoms with Gasteiger partial charge in [0.25, 0.3) is 11.8 Å². The van der Waals surface area contributed by atoms with Crippen molar-refractivity contribution in [3.8, 4) is 40.2 Å². The summed E-state index contributed by atoms with van der Waals surface area (Å²) in [5.74, 6) is -2.05. The molecule has 5 N–H and O–H groups in total. The quantitative estimate of drug-likeness (QED) is 0.0295. The third-order valence-electron chi connectivity index (χ3n) is 14.3. The molecule has 3 aliphatic heterocycles. The van der Waals surface area contributed by atoms with Crippen LogP contribution in [0.4, 0.5) is 5.69 Å². The van der Waals surface area contributed by atoms with Gasteiger partial charge in [0.1, 0.15) is 35.9 Å². The molecular formula is C54H62ClN7O20S. The van der Waals surface area contributed by atoms with Crippen molar-refractivity contribution < 1.29 is 94.3 Å². The van der Waals surface area contributed by atoms with Crippen LogP contribution in [-0.2, 0) is 47.2 Å². The lowest BCUT2D eigenvalue weighted by molar-refractivity contribution is -0.277. The molecule has 27 nitrogen and oxygen atoms in total. The number of aromatic amines is 1. The first-order valence-electron chi connectivity index (χ1n) is 26.1. The minimum atomic E-state index is -5.29. The largest absolute Gasteiger partial charge is 0.501 e. The van der Waals surface area contributed by atoms with E-state index in [1.807, 2.05) is 0 Å². The average molecular weight is 1200 g/mol. The molecule has 0 aliphatic carbocycles. The van der Waals surface area contributed by atoms with Crippen molar-refractivity contribution in [2.75, 3.05) is 98.9 Å². The second-order valence-corrected chi connectivity index (χ2v) is 20.9. The summed E-state index contributed by atoms with van der Waals surface area (Å²) >= 11 is 6.61. The highest BCUT2D eigenvalue weighted by molar-refractivity contribution is 7.82. The molecule has 2 saturated heterocycles. The number of hydrogen-bond donors (Lipinski definition) is 5. The molecule has 4 amide bonds. The molecule has 0 saturated carbocycles. The molecular weight excluding hydrogens is 1130 g/mol. The molecule has 0 spiro atoms. The Morgan fingerprint density at radius 1 is 0.807 bits per heavy atom. The van der Waals surface area contributed by atoms with Gasteiger partial charge in [0.05, 0.1) is 91.5 Å². The Hall–Kier alpha value is -7.54. The number of aliphatic hydroxyl groups excluding tert-OH is 4. The molecule has 3 aliphatic rings. The molecule has 9 rings (SSSR count). The number of alkyl halides is 1. The normalized spacial score (nSPS) is 19.8. The van der Waals surface area contributed by atoms with E-state index in [1.54, 1.807) is 41.2 Å². The number of anilines is 1. The van der Waals surface area contributed by atoms with E-state index in [2.05, 4.69) is 15.3 Å². The van der Waals surface area contributed by atoms with E-state index >= 15 is 0 Å². The smallest absolute Gasteiger partial charge is 0.497 e. The first kappa shape index (κ1) is 60.1. The van der Waals surface area contributed by atoms with Gasteiger partial charge < -0.3 is 81.5 Å². The van der Waals surface area contributed by atoms with Crippen LogP contribution in [0.2, 0.25) is 0 Å². The summed E-state index contributed by atoms with van der Waals surface area (Å²) in [6.45, 7) is 0.627.